The molecular weight excluding hydrogens is 260 g/mol. The third kappa shape index (κ3) is 4.09. The average Bonchev–Trinajstić information content (AvgIpc) is 2.40. The lowest BCUT2D eigenvalue weighted by atomic mass is 10.1. The lowest BCUT2D eigenvalue weighted by Crippen LogP contribution is -2.07. The minimum atomic E-state index is -0.0471. The Morgan fingerprint density at radius 3 is 2.38 bits per heavy atom. The summed E-state index contributed by atoms with van der Waals surface area (Å²) in [6.07, 6.45) is 0. The van der Waals surface area contributed by atoms with Crippen molar-refractivity contribution in [2.75, 3.05) is 10.6 Å². The van der Waals surface area contributed by atoms with Crippen molar-refractivity contribution >= 4 is 17.3 Å². The highest BCUT2D eigenvalue weighted by Gasteiger charge is 2.03. The van der Waals surface area contributed by atoms with Crippen LogP contribution in [0.15, 0.2) is 36.4 Å². The number of hydrogen-bond donors (Lipinski definition) is 2. The van der Waals surface area contributed by atoms with Crippen molar-refractivity contribution in [2.24, 2.45) is 0 Å². The molecule has 0 saturated heterocycles. The van der Waals surface area contributed by atoms with Crippen molar-refractivity contribution in [2.45, 2.75) is 34.2 Å². The summed E-state index contributed by atoms with van der Waals surface area (Å²) < 4.78 is 0. The molecule has 2 N–H and O–H groups in total. The summed E-state index contributed by atoms with van der Waals surface area (Å²) in [7, 11) is 0. The van der Waals surface area contributed by atoms with E-state index in [-0.39, 0.29) is 5.91 Å². The van der Waals surface area contributed by atoms with Crippen molar-refractivity contribution < 1.29 is 4.79 Å². The SMILES string of the molecule is CC(=O)Nc1ccc(NCc2ccc(C)cc2C)cc1C. The van der Waals surface area contributed by atoms with Crippen LogP contribution in [0.5, 0.6) is 0 Å². The Bertz CT molecular complexity index is 662. The number of hydrogen-bond acceptors (Lipinski definition) is 2. The fourth-order valence-corrected chi connectivity index (χ4v) is 2.34. The fraction of sp³-hybridized carbons (Fsp3) is 0.278. The van der Waals surface area contributed by atoms with Gasteiger partial charge < -0.3 is 10.6 Å². The highest BCUT2D eigenvalue weighted by Crippen LogP contribution is 2.21. The van der Waals surface area contributed by atoms with Gasteiger partial charge in [-0.2, -0.15) is 0 Å². The molecule has 0 aromatic heterocycles. The van der Waals surface area contributed by atoms with E-state index >= 15 is 0 Å². The lowest BCUT2D eigenvalue weighted by Gasteiger charge is -2.12. The molecule has 0 unspecified atom stereocenters. The van der Waals surface area contributed by atoms with Gasteiger partial charge in [0, 0.05) is 24.8 Å². The van der Waals surface area contributed by atoms with E-state index in [2.05, 4.69) is 48.7 Å². The number of amides is 1. The van der Waals surface area contributed by atoms with Crippen molar-refractivity contribution in [3.63, 3.8) is 0 Å². The molecule has 0 aliphatic heterocycles. The molecule has 2 aromatic rings. The topological polar surface area (TPSA) is 41.1 Å². The molecule has 110 valence electrons. The third-order valence-electron chi connectivity index (χ3n) is 3.52. The molecule has 0 spiro atoms. The van der Waals surface area contributed by atoms with Gasteiger partial charge in [-0.3, -0.25) is 4.79 Å². The summed E-state index contributed by atoms with van der Waals surface area (Å²) in [6, 6.07) is 12.5. The number of anilines is 2. The molecule has 1 amide bonds. The summed E-state index contributed by atoms with van der Waals surface area (Å²) in [5.74, 6) is -0.0471. The first-order valence-electron chi connectivity index (χ1n) is 7.14. The second kappa shape index (κ2) is 6.44. The summed E-state index contributed by atoms with van der Waals surface area (Å²) in [5.41, 5.74) is 6.85. The quantitative estimate of drug-likeness (QED) is 0.883. The number of nitrogens with one attached hydrogen (secondary N) is 2. The standard InChI is InChI=1S/C18H22N2O/c1-12-5-6-16(13(2)9-12)11-19-17-7-8-18(14(3)10-17)20-15(4)21/h5-10,19H,11H2,1-4H3,(H,20,21). The molecule has 2 aromatic carbocycles. The van der Waals surface area contributed by atoms with Crippen LogP contribution in [0, 0.1) is 20.8 Å². The van der Waals surface area contributed by atoms with Gasteiger partial charge in [0.2, 0.25) is 5.91 Å². The second-order valence-electron chi connectivity index (χ2n) is 5.49. The van der Waals surface area contributed by atoms with Crippen LogP contribution in [0.2, 0.25) is 0 Å². The summed E-state index contributed by atoms with van der Waals surface area (Å²) in [4.78, 5) is 11.1. The van der Waals surface area contributed by atoms with E-state index in [1.807, 2.05) is 19.1 Å². The molecule has 0 saturated carbocycles. The smallest absolute Gasteiger partial charge is 0.221 e. The Hall–Kier alpha value is -2.29. The van der Waals surface area contributed by atoms with Crippen LogP contribution in [-0.2, 0) is 11.3 Å². The first-order valence-corrected chi connectivity index (χ1v) is 7.14. The van der Waals surface area contributed by atoms with Crippen molar-refractivity contribution in [1.29, 1.82) is 0 Å². The fourth-order valence-electron chi connectivity index (χ4n) is 2.34. The van der Waals surface area contributed by atoms with Gasteiger partial charge >= 0.3 is 0 Å². The van der Waals surface area contributed by atoms with Gasteiger partial charge in [-0.15, -0.1) is 0 Å². The zero-order valence-corrected chi connectivity index (χ0v) is 13.1. The van der Waals surface area contributed by atoms with Crippen molar-refractivity contribution in [3.05, 3.63) is 58.7 Å². The van der Waals surface area contributed by atoms with Gasteiger partial charge in [0.1, 0.15) is 0 Å². The Labute approximate surface area is 126 Å². The van der Waals surface area contributed by atoms with Crippen LogP contribution in [0.3, 0.4) is 0 Å². The monoisotopic (exact) mass is 282 g/mol. The van der Waals surface area contributed by atoms with E-state index in [4.69, 9.17) is 0 Å². The lowest BCUT2D eigenvalue weighted by molar-refractivity contribution is -0.114. The average molecular weight is 282 g/mol. The highest BCUT2D eigenvalue weighted by atomic mass is 16.1. The van der Waals surface area contributed by atoms with Crippen LogP contribution in [0.4, 0.5) is 11.4 Å². The molecule has 0 heterocycles. The first kappa shape index (κ1) is 15.1. The molecule has 0 aliphatic carbocycles. The van der Waals surface area contributed by atoms with E-state index in [0.29, 0.717) is 0 Å². The van der Waals surface area contributed by atoms with Crippen molar-refractivity contribution in [3.8, 4) is 0 Å². The molecule has 3 heteroatoms. The number of carbonyl (C=O) groups excluding carboxylic acids is 1. The zero-order valence-electron chi connectivity index (χ0n) is 13.1. The van der Waals surface area contributed by atoms with Gasteiger partial charge in [0.25, 0.3) is 0 Å². The summed E-state index contributed by atoms with van der Waals surface area (Å²) in [5, 5.41) is 6.25. The molecule has 0 radical (unpaired) electrons. The summed E-state index contributed by atoms with van der Waals surface area (Å²) >= 11 is 0. The van der Waals surface area contributed by atoms with E-state index < -0.39 is 0 Å². The molecular formula is C18H22N2O. The van der Waals surface area contributed by atoms with Gasteiger partial charge in [0.05, 0.1) is 0 Å². The largest absolute Gasteiger partial charge is 0.381 e. The van der Waals surface area contributed by atoms with Crippen LogP contribution >= 0.6 is 0 Å². The summed E-state index contributed by atoms with van der Waals surface area (Å²) in [6.45, 7) is 8.55. The van der Waals surface area contributed by atoms with Crippen LogP contribution in [-0.4, -0.2) is 5.91 Å². The number of rotatable bonds is 4. The number of aryl methyl sites for hydroxylation is 3. The molecule has 0 aliphatic rings. The molecule has 3 nitrogen and oxygen atoms in total. The van der Waals surface area contributed by atoms with Gasteiger partial charge in [-0.1, -0.05) is 23.8 Å². The first-order chi connectivity index (χ1) is 9.95. The second-order valence-corrected chi connectivity index (χ2v) is 5.49. The third-order valence-corrected chi connectivity index (χ3v) is 3.52. The normalized spacial score (nSPS) is 10.3. The Morgan fingerprint density at radius 2 is 1.76 bits per heavy atom. The van der Waals surface area contributed by atoms with E-state index in [1.54, 1.807) is 0 Å². The van der Waals surface area contributed by atoms with Gasteiger partial charge in [-0.25, -0.2) is 0 Å². The predicted octanol–water partition coefficient (Wildman–Crippen LogP) is 4.18. The maximum Gasteiger partial charge on any atom is 0.221 e. The molecule has 0 atom stereocenters. The Balaban J connectivity index is 2.06. The van der Waals surface area contributed by atoms with E-state index in [9.17, 15) is 4.79 Å². The Kier molecular flexibility index (Phi) is 4.63. The molecule has 0 fully saturated rings. The molecule has 0 bridgehead atoms. The maximum absolute atomic E-state index is 11.1. The van der Waals surface area contributed by atoms with Crippen molar-refractivity contribution in [1.82, 2.24) is 0 Å². The number of carbonyl (C=O) groups is 1. The predicted molar refractivity (Wildman–Crippen MR) is 88.7 cm³/mol. The minimum absolute atomic E-state index is 0.0471. The molecule has 2 rings (SSSR count). The van der Waals surface area contributed by atoms with E-state index in [1.165, 1.54) is 23.6 Å². The molecule has 21 heavy (non-hydrogen) atoms. The van der Waals surface area contributed by atoms with Crippen LogP contribution in [0.1, 0.15) is 29.2 Å². The van der Waals surface area contributed by atoms with Gasteiger partial charge in [-0.05, 0) is 55.7 Å². The number of benzene rings is 2. The Morgan fingerprint density at radius 1 is 1.00 bits per heavy atom. The minimum Gasteiger partial charge on any atom is -0.381 e. The maximum atomic E-state index is 11.1. The van der Waals surface area contributed by atoms with E-state index in [0.717, 1.165) is 23.5 Å². The van der Waals surface area contributed by atoms with Crippen LogP contribution < -0.4 is 10.6 Å². The van der Waals surface area contributed by atoms with Crippen LogP contribution in [0.25, 0.3) is 0 Å². The zero-order chi connectivity index (χ0) is 15.4. The van der Waals surface area contributed by atoms with Gasteiger partial charge in [0.15, 0.2) is 0 Å². The highest BCUT2D eigenvalue weighted by molar-refractivity contribution is 5.89.